The van der Waals surface area contributed by atoms with E-state index in [1.165, 1.54) is 6.07 Å². The van der Waals surface area contributed by atoms with Crippen molar-refractivity contribution in [1.29, 1.82) is 0 Å². The Morgan fingerprint density at radius 2 is 1.81 bits per heavy atom. The smallest absolute Gasteiger partial charge is 0.273 e. The van der Waals surface area contributed by atoms with Gasteiger partial charge >= 0.3 is 0 Å². The fourth-order valence-corrected chi connectivity index (χ4v) is 3.47. The van der Waals surface area contributed by atoms with E-state index in [2.05, 4.69) is 10.3 Å². The highest BCUT2D eigenvalue weighted by atomic mass is 16.2. The van der Waals surface area contributed by atoms with Crippen molar-refractivity contribution >= 4 is 22.5 Å². The Kier molecular flexibility index (Phi) is 4.24. The summed E-state index contributed by atoms with van der Waals surface area (Å²) < 4.78 is 3.69. The van der Waals surface area contributed by atoms with E-state index in [0.29, 0.717) is 5.65 Å². The summed E-state index contributed by atoms with van der Waals surface area (Å²) in [6, 6.07) is 18.9. The number of carbonyl (C=O) groups excluding carboxylic acids is 1. The van der Waals surface area contributed by atoms with Gasteiger partial charge in [0.1, 0.15) is 6.54 Å². The van der Waals surface area contributed by atoms with E-state index >= 15 is 0 Å². The van der Waals surface area contributed by atoms with Crippen molar-refractivity contribution in [2.75, 3.05) is 0 Å². The molecule has 6 nitrogen and oxygen atoms in total. The molecule has 136 valence electrons. The summed E-state index contributed by atoms with van der Waals surface area (Å²) in [5.41, 5.74) is 2.94. The zero-order valence-electron chi connectivity index (χ0n) is 15.2. The second-order valence-electron chi connectivity index (χ2n) is 6.65. The van der Waals surface area contributed by atoms with E-state index < -0.39 is 0 Å². The molecule has 4 aromatic rings. The number of nitrogens with one attached hydrogen (secondary N) is 1. The molecule has 1 N–H and O–H groups in total. The molecule has 4 rings (SSSR count). The normalized spacial score (nSPS) is 12.4. The number of rotatable bonds is 4. The second kappa shape index (κ2) is 6.72. The van der Waals surface area contributed by atoms with E-state index in [9.17, 15) is 9.59 Å². The lowest BCUT2D eigenvalue weighted by Crippen LogP contribution is -2.31. The van der Waals surface area contributed by atoms with Gasteiger partial charge < -0.3 is 5.32 Å². The zero-order valence-corrected chi connectivity index (χ0v) is 15.2. The Labute approximate surface area is 156 Å². The summed E-state index contributed by atoms with van der Waals surface area (Å²) in [6.45, 7) is 3.94. The third-order valence-corrected chi connectivity index (χ3v) is 4.72. The maximum atomic E-state index is 12.7. The molecule has 0 aliphatic rings. The lowest BCUT2D eigenvalue weighted by Gasteiger charge is -2.16. The number of para-hydroxylation sites is 1. The topological polar surface area (TPSA) is 68.4 Å². The fourth-order valence-electron chi connectivity index (χ4n) is 3.47. The number of aromatic nitrogens is 3. The average Bonchev–Trinajstić information content (AvgIpc) is 2.96. The van der Waals surface area contributed by atoms with Gasteiger partial charge in [-0.05, 0) is 31.5 Å². The molecule has 1 atom stereocenters. The number of benzene rings is 2. The number of amides is 1. The number of carbonyl (C=O) groups is 1. The molecule has 0 saturated carbocycles. The van der Waals surface area contributed by atoms with Crippen molar-refractivity contribution in [2.24, 2.45) is 0 Å². The molecule has 2 heterocycles. The molecular weight excluding hydrogens is 340 g/mol. The lowest BCUT2D eigenvalue weighted by atomic mass is 10.1. The molecule has 1 amide bonds. The van der Waals surface area contributed by atoms with Gasteiger partial charge in [-0.3, -0.25) is 14.3 Å². The van der Waals surface area contributed by atoms with Crippen LogP contribution in [0.25, 0.3) is 16.6 Å². The Hall–Kier alpha value is -3.41. The van der Waals surface area contributed by atoms with Crippen molar-refractivity contribution in [1.82, 2.24) is 19.5 Å². The van der Waals surface area contributed by atoms with Crippen molar-refractivity contribution in [2.45, 2.75) is 26.4 Å². The van der Waals surface area contributed by atoms with Gasteiger partial charge in [0.2, 0.25) is 5.91 Å². The van der Waals surface area contributed by atoms with E-state index in [-0.39, 0.29) is 24.1 Å². The molecule has 0 unspecified atom stereocenters. The van der Waals surface area contributed by atoms with Crippen LogP contribution in [-0.2, 0) is 11.3 Å². The van der Waals surface area contributed by atoms with Crippen LogP contribution in [0.4, 0.5) is 0 Å². The molecule has 2 aromatic carbocycles. The van der Waals surface area contributed by atoms with Gasteiger partial charge in [-0.1, -0.05) is 42.5 Å². The van der Waals surface area contributed by atoms with Crippen molar-refractivity contribution in [3.63, 3.8) is 0 Å². The molecule has 2 aromatic heterocycles. The minimum Gasteiger partial charge on any atom is -0.348 e. The Bertz CT molecular complexity index is 1190. The summed E-state index contributed by atoms with van der Waals surface area (Å²) in [5.74, 6) is -0.105. The van der Waals surface area contributed by atoms with Crippen LogP contribution in [0, 0.1) is 6.92 Å². The molecule has 27 heavy (non-hydrogen) atoms. The first-order valence-electron chi connectivity index (χ1n) is 8.87. The zero-order chi connectivity index (χ0) is 19.0. The molecule has 0 fully saturated rings. The molecule has 0 aliphatic carbocycles. The van der Waals surface area contributed by atoms with Crippen LogP contribution in [0.15, 0.2) is 65.5 Å². The lowest BCUT2D eigenvalue weighted by molar-refractivity contribution is -0.122. The molecule has 6 heteroatoms. The highest BCUT2D eigenvalue weighted by Gasteiger charge is 2.16. The number of fused-ring (bicyclic) bond motifs is 3. The summed E-state index contributed by atoms with van der Waals surface area (Å²) in [4.78, 5) is 28.8. The number of hydrogen-bond donors (Lipinski definition) is 1. The van der Waals surface area contributed by atoms with Crippen molar-refractivity contribution < 1.29 is 4.79 Å². The quantitative estimate of drug-likeness (QED) is 0.608. The van der Waals surface area contributed by atoms with Gasteiger partial charge in [0, 0.05) is 17.1 Å². The molecule has 0 bridgehead atoms. The Morgan fingerprint density at radius 3 is 2.59 bits per heavy atom. The highest BCUT2D eigenvalue weighted by molar-refractivity contribution is 5.93. The van der Waals surface area contributed by atoms with Gasteiger partial charge in [0.15, 0.2) is 5.65 Å². The fraction of sp³-hybridized carbons (Fsp3) is 0.190. The predicted molar refractivity (Wildman–Crippen MR) is 105 cm³/mol. The summed E-state index contributed by atoms with van der Waals surface area (Å²) in [6.07, 6.45) is 0. The maximum absolute atomic E-state index is 12.7. The standard InChI is InChI=1S/C21H20N4O2/c1-14-12-19(26)23-21-17-10-6-7-11-18(17)24(25(14)21)13-20(27)22-15(2)16-8-4-3-5-9-16/h3-12,15H,13H2,1-2H3,(H,22,27)/t15-/m1/s1. The van der Waals surface area contributed by atoms with E-state index in [1.807, 2.05) is 77.6 Å². The Balaban J connectivity index is 1.73. The first-order chi connectivity index (χ1) is 13.0. The first-order valence-corrected chi connectivity index (χ1v) is 8.87. The monoisotopic (exact) mass is 360 g/mol. The summed E-state index contributed by atoms with van der Waals surface area (Å²) in [5, 5.41) is 3.89. The van der Waals surface area contributed by atoms with Gasteiger partial charge in [-0.25, -0.2) is 4.52 Å². The van der Waals surface area contributed by atoms with Crippen molar-refractivity contribution in [3.8, 4) is 0 Å². The SMILES string of the molecule is Cc1cc(=O)nc2c3ccccc3n(CC(=O)N[C@H](C)c3ccccc3)n12. The maximum Gasteiger partial charge on any atom is 0.273 e. The number of nitrogens with zero attached hydrogens (tertiary/aromatic N) is 3. The number of aryl methyl sites for hydroxylation is 1. The summed E-state index contributed by atoms with van der Waals surface area (Å²) >= 11 is 0. The highest BCUT2D eigenvalue weighted by Crippen LogP contribution is 2.21. The van der Waals surface area contributed by atoms with Crippen LogP contribution in [0.2, 0.25) is 0 Å². The molecule has 0 saturated heterocycles. The predicted octanol–water partition coefficient (Wildman–Crippen LogP) is 2.84. The number of hydrogen-bond acceptors (Lipinski definition) is 3. The molecule has 0 aliphatic heterocycles. The first kappa shape index (κ1) is 17.0. The third-order valence-electron chi connectivity index (χ3n) is 4.72. The molecular formula is C21H20N4O2. The minimum absolute atomic E-state index is 0.0933. The van der Waals surface area contributed by atoms with Gasteiger partial charge in [-0.2, -0.15) is 4.98 Å². The van der Waals surface area contributed by atoms with E-state index in [4.69, 9.17) is 0 Å². The van der Waals surface area contributed by atoms with Crippen LogP contribution in [0.5, 0.6) is 0 Å². The second-order valence-corrected chi connectivity index (χ2v) is 6.65. The average molecular weight is 360 g/mol. The molecule has 0 spiro atoms. The minimum atomic E-state index is -0.280. The summed E-state index contributed by atoms with van der Waals surface area (Å²) in [7, 11) is 0. The van der Waals surface area contributed by atoms with Gasteiger partial charge in [-0.15, -0.1) is 0 Å². The van der Waals surface area contributed by atoms with E-state index in [0.717, 1.165) is 22.2 Å². The third kappa shape index (κ3) is 3.10. The van der Waals surface area contributed by atoms with Crippen LogP contribution >= 0.6 is 0 Å². The Morgan fingerprint density at radius 1 is 1.11 bits per heavy atom. The van der Waals surface area contributed by atoms with Crippen molar-refractivity contribution in [3.05, 3.63) is 82.3 Å². The van der Waals surface area contributed by atoms with Crippen LogP contribution in [0.1, 0.15) is 24.2 Å². The van der Waals surface area contributed by atoms with Crippen LogP contribution in [0.3, 0.4) is 0 Å². The molecule has 0 radical (unpaired) electrons. The van der Waals surface area contributed by atoms with Gasteiger partial charge in [0.25, 0.3) is 5.56 Å². The largest absolute Gasteiger partial charge is 0.348 e. The van der Waals surface area contributed by atoms with Gasteiger partial charge in [0.05, 0.1) is 11.6 Å². The van der Waals surface area contributed by atoms with Crippen LogP contribution in [-0.4, -0.2) is 20.1 Å². The van der Waals surface area contributed by atoms with Crippen LogP contribution < -0.4 is 10.9 Å². The van der Waals surface area contributed by atoms with E-state index in [1.54, 1.807) is 0 Å².